The molecule has 122 valence electrons. The molecule has 2 aromatic carbocycles. The Morgan fingerprint density at radius 2 is 1.96 bits per heavy atom. The number of oxazole rings is 1. The molecule has 24 heavy (non-hydrogen) atoms. The molecule has 1 N–H and O–H groups in total. The minimum absolute atomic E-state index is 0.181. The number of nitrogens with one attached hydrogen (secondary N) is 1. The van der Waals surface area contributed by atoms with E-state index in [2.05, 4.69) is 10.3 Å². The number of ether oxygens (including phenoxy) is 2. The molecule has 1 aromatic heterocycles. The monoisotopic (exact) mass is 324 g/mol. The molecule has 4 rings (SSSR count). The third-order valence-corrected chi connectivity index (χ3v) is 3.79. The van der Waals surface area contributed by atoms with Gasteiger partial charge in [-0.3, -0.25) is 4.79 Å². The number of amides is 1. The van der Waals surface area contributed by atoms with Gasteiger partial charge in [-0.15, -0.1) is 0 Å². The molecule has 2 heterocycles. The van der Waals surface area contributed by atoms with Gasteiger partial charge in [-0.1, -0.05) is 13.8 Å². The highest BCUT2D eigenvalue weighted by molar-refractivity contribution is 6.05. The zero-order valence-corrected chi connectivity index (χ0v) is 13.3. The first kappa shape index (κ1) is 14.6. The van der Waals surface area contributed by atoms with Crippen molar-refractivity contribution >= 4 is 22.7 Å². The van der Waals surface area contributed by atoms with Gasteiger partial charge in [0.05, 0.1) is 0 Å². The number of rotatable bonds is 3. The van der Waals surface area contributed by atoms with Crippen molar-refractivity contribution < 1.29 is 18.7 Å². The smallest absolute Gasteiger partial charge is 0.255 e. The second-order valence-electron chi connectivity index (χ2n) is 5.91. The maximum atomic E-state index is 12.4. The first-order chi connectivity index (χ1) is 11.6. The number of nitrogens with zero attached hydrogens (tertiary/aromatic N) is 1. The van der Waals surface area contributed by atoms with Gasteiger partial charge >= 0.3 is 0 Å². The number of hydrogen-bond acceptors (Lipinski definition) is 5. The average molecular weight is 324 g/mol. The number of fused-ring (bicyclic) bond motifs is 2. The highest BCUT2D eigenvalue weighted by Gasteiger charge is 2.17. The van der Waals surface area contributed by atoms with E-state index >= 15 is 0 Å². The van der Waals surface area contributed by atoms with Crippen LogP contribution in [0.4, 0.5) is 5.69 Å². The Balaban J connectivity index is 1.58. The van der Waals surface area contributed by atoms with Gasteiger partial charge in [0, 0.05) is 23.2 Å². The van der Waals surface area contributed by atoms with E-state index in [9.17, 15) is 4.79 Å². The lowest BCUT2D eigenvalue weighted by atomic mass is 10.2. The van der Waals surface area contributed by atoms with Crippen molar-refractivity contribution in [1.82, 2.24) is 4.98 Å². The molecule has 0 bridgehead atoms. The molecule has 6 heteroatoms. The molecule has 0 radical (unpaired) electrons. The molecular formula is C18H16N2O4. The first-order valence-electron chi connectivity index (χ1n) is 7.71. The lowest BCUT2D eigenvalue weighted by molar-refractivity contribution is 0.102. The van der Waals surface area contributed by atoms with Crippen LogP contribution in [0.5, 0.6) is 11.5 Å². The number of hydrogen-bond donors (Lipinski definition) is 1. The quantitative estimate of drug-likeness (QED) is 0.790. The number of anilines is 1. The molecule has 0 fully saturated rings. The van der Waals surface area contributed by atoms with Gasteiger partial charge in [0.15, 0.2) is 23.0 Å². The lowest BCUT2D eigenvalue weighted by Crippen LogP contribution is -2.11. The molecule has 6 nitrogen and oxygen atoms in total. The van der Waals surface area contributed by atoms with Crippen LogP contribution in [0.1, 0.15) is 36.0 Å². The molecule has 3 aromatic rings. The maximum absolute atomic E-state index is 12.4. The summed E-state index contributed by atoms with van der Waals surface area (Å²) >= 11 is 0. The van der Waals surface area contributed by atoms with Crippen LogP contribution in [-0.2, 0) is 0 Å². The second kappa shape index (κ2) is 5.56. The zero-order chi connectivity index (χ0) is 16.7. The van der Waals surface area contributed by atoms with Gasteiger partial charge in [0.2, 0.25) is 6.79 Å². The Morgan fingerprint density at radius 1 is 1.12 bits per heavy atom. The summed E-state index contributed by atoms with van der Waals surface area (Å²) in [5.74, 6) is 1.90. The van der Waals surface area contributed by atoms with Crippen molar-refractivity contribution in [3.63, 3.8) is 0 Å². The van der Waals surface area contributed by atoms with Crippen LogP contribution < -0.4 is 14.8 Å². The molecule has 1 aliphatic heterocycles. The predicted molar refractivity (Wildman–Crippen MR) is 88.6 cm³/mol. The van der Waals surface area contributed by atoms with Crippen LogP contribution in [0.3, 0.4) is 0 Å². The van der Waals surface area contributed by atoms with Gasteiger partial charge in [0.25, 0.3) is 5.91 Å². The van der Waals surface area contributed by atoms with Crippen molar-refractivity contribution in [2.24, 2.45) is 0 Å². The minimum Gasteiger partial charge on any atom is -0.454 e. The molecule has 0 spiro atoms. The average Bonchev–Trinajstić information content (AvgIpc) is 3.20. The summed E-state index contributed by atoms with van der Waals surface area (Å²) < 4.78 is 16.3. The van der Waals surface area contributed by atoms with Gasteiger partial charge in [-0.2, -0.15) is 0 Å². The number of aromatic nitrogens is 1. The topological polar surface area (TPSA) is 73.6 Å². The molecule has 1 amide bonds. The normalized spacial score (nSPS) is 12.8. The van der Waals surface area contributed by atoms with Crippen molar-refractivity contribution in [2.75, 3.05) is 12.1 Å². The molecular weight excluding hydrogens is 308 g/mol. The van der Waals surface area contributed by atoms with Crippen molar-refractivity contribution in [3.8, 4) is 11.5 Å². The van der Waals surface area contributed by atoms with Crippen molar-refractivity contribution in [1.29, 1.82) is 0 Å². The minimum atomic E-state index is -0.226. The molecule has 0 atom stereocenters. The predicted octanol–water partition coefficient (Wildman–Crippen LogP) is 3.93. The highest BCUT2D eigenvalue weighted by Crippen LogP contribution is 2.32. The molecule has 0 saturated heterocycles. The molecule has 0 unspecified atom stereocenters. The third kappa shape index (κ3) is 2.56. The van der Waals surface area contributed by atoms with E-state index in [-0.39, 0.29) is 18.6 Å². The lowest BCUT2D eigenvalue weighted by Gasteiger charge is -2.05. The fraction of sp³-hybridized carbons (Fsp3) is 0.222. The fourth-order valence-electron chi connectivity index (χ4n) is 2.51. The summed E-state index contributed by atoms with van der Waals surface area (Å²) in [5, 5.41) is 2.86. The van der Waals surface area contributed by atoms with E-state index in [1.165, 1.54) is 0 Å². The van der Waals surface area contributed by atoms with Crippen LogP contribution in [0.2, 0.25) is 0 Å². The van der Waals surface area contributed by atoms with Crippen LogP contribution in [0, 0.1) is 0 Å². The van der Waals surface area contributed by atoms with E-state index in [4.69, 9.17) is 13.9 Å². The summed E-state index contributed by atoms with van der Waals surface area (Å²) in [6.45, 7) is 4.22. The number of carbonyl (C=O) groups excluding carboxylic acids is 1. The zero-order valence-electron chi connectivity index (χ0n) is 13.3. The fourth-order valence-corrected chi connectivity index (χ4v) is 2.51. The largest absolute Gasteiger partial charge is 0.454 e. The Morgan fingerprint density at radius 3 is 2.79 bits per heavy atom. The second-order valence-corrected chi connectivity index (χ2v) is 5.91. The van der Waals surface area contributed by atoms with E-state index < -0.39 is 0 Å². The summed E-state index contributed by atoms with van der Waals surface area (Å²) in [5.41, 5.74) is 2.58. The number of benzene rings is 2. The summed E-state index contributed by atoms with van der Waals surface area (Å²) in [7, 11) is 0. The van der Waals surface area contributed by atoms with Crippen LogP contribution in [0.25, 0.3) is 11.1 Å². The van der Waals surface area contributed by atoms with Gasteiger partial charge in [-0.25, -0.2) is 4.98 Å². The highest BCUT2D eigenvalue weighted by atomic mass is 16.7. The Labute approximate surface area is 138 Å². The summed E-state index contributed by atoms with van der Waals surface area (Å²) in [6, 6.07) is 10.5. The SMILES string of the molecule is CC(C)c1nc2ccc(NC(=O)c3ccc4c(c3)OCO4)cc2o1. The Bertz CT molecular complexity index is 930. The van der Waals surface area contributed by atoms with Crippen LogP contribution in [-0.4, -0.2) is 17.7 Å². The standard InChI is InChI=1S/C18H16N2O4/c1-10(2)18-20-13-5-4-12(8-15(13)24-18)19-17(21)11-3-6-14-16(7-11)23-9-22-14/h3-8,10H,9H2,1-2H3,(H,19,21). The van der Waals surface area contributed by atoms with Crippen molar-refractivity contribution in [2.45, 2.75) is 19.8 Å². The van der Waals surface area contributed by atoms with E-state index in [1.54, 1.807) is 30.3 Å². The molecule has 0 aliphatic carbocycles. The summed E-state index contributed by atoms with van der Waals surface area (Å²) in [6.07, 6.45) is 0. The van der Waals surface area contributed by atoms with Gasteiger partial charge in [0.1, 0.15) is 5.52 Å². The maximum Gasteiger partial charge on any atom is 0.255 e. The summed E-state index contributed by atoms with van der Waals surface area (Å²) in [4.78, 5) is 16.8. The first-order valence-corrected chi connectivity index (χ1v) is 7.71. The van der Waals surface area contributed by atoms with Crippen LogP contribution in [0.15, 0.2) is 40.8 Å². The van der Waals surface area contributed by atoms with E-state index in [1.807, 2.05) is 19.9 Å². The van der Waals surface area contributed by atoms with Crippen LogP contribution >= 0.6 is 0 Å². The van der Waals surface area contributed by atoms with Crippen molar-refractivity contribution in [3.05, 3.63) is 47.9 Å². The number of carbonyl (C=O) groups is 1. The van der Waals surface area contributed by atoms with Gasteiger partial charge < -0.3 is 19.2 Å². The van der Waals surface area contributed by atoms with E-state index in [0.717, 1.165) is 5.52 Å². The molecule has 1 aliphatic rings. The van der Waals surface area contributed by atoms with Gasteiger partial charge in [-0.05, 0) is 30.3 Å². The Kier molecular flexibility index (Phi) is 3.37. The Hall–Kier alpha value is -3.02. The van der Waals surface area contributed by atoms with E-state index in [0.29, 0.717) is 34.2 Å². The molecule has 0 saturated carbocycles. The third-order valence-electron chi connectivity index (χ3n) is 3.79.